The van der Waals surface area contributed by atoms with Crippen LogP contribution in [0.4, 0.5) is 0 Å². The molecule has 0 aliphatic carbocycles. The van der Waals surface area contributed by atoms with E-state index in [0.29, 0.717) is 0 Å². The molecule has 2 nitrogen and oxygen atoms in total. The third kappa shape index (κ3) is 7.39. The molecule has 0 atom stereocenters. The highest BCUT2D eigenvalue weighted by atomic mass is 28.3. The number of aromatic nitrogens is 2. The fourth-order valence-corrected chi connectivity index (χ4v) is 17.0. The second-order valence-corrected chi connectivity index (χ2v) is 23.4. The number of nitrogens with zero attached hydrogens (tertiary/aromatic N) is 2. The molecule has 0 bridgehead atoms. The molecule has 14 rings (SSSR count). The van der Waals surface area contributed by atoms with Crippen molar-refractivity contribution < 1.29 is 0 Å². The van der Waals surface area contributed by atoms with Crippen LogP contribution in [-0.4, -0.2) is 17.2 Å². The van der Waals surface area contributed by atoms with Gasteiger partial charge in [-0.05, 0) is 120 Å². The topological polar surface area (TPSA) is 9.86 Å². The Hall–Kier alpha value is -9.54. The molecule has 12 aromatic carbocycles. The van der Waals surface area contributed by atoms with E-state index in [2.05, 4.69) is 312 Å². The zero-order valence-electron chi connectivity index (χ0n) is 41.3. The Labute approximate surface area is 438 Å². The maximum Gasteiger partial charge on any atom is 0.179 e. The number of benzene rings is 12. The average molecular weight is 971 g/mol. The van der Waals surface area contributed by atoms with E-state index in [-0.39, 0.29) is 0 Å². The van der Waals surface area contributed by atoms with E-state index >= 15 is 0 Å². The monoisotopic (exact) mass is 970 g/mol. The average Bonchev–Trinajstić information content (AvgIpc) is 4.02. The minimum Gasteiger partial charge on any atom is -0.309 e. The Morgan fingerprint density at radius 1 is 0.213 bits per heavy atom. The van der Waals surface area contributed by atoms with Gasteiger partial charge in [-0.2, -0.15) is 0 Å². The lowest BCUT2D eigenvalue weighted by molar-refractivity contribution is 1.17. The smallest absolute Gasteiger partial charge is 0.179 e. The third-order valence-corrected chi connectivity index (χ3v) is 20.2. The van der Waals surface area contributed by atoms with Crippen molar-refractivity contribution in [2.45, 2.75) is 0 Å². The quantitative estimate of drug-likeness (QED) is 0.0955. The fourth-order valence-electron chi connectivity index (χ4n) is 12.2. The Morgan fingerprint density at radius 3 is 1.15 bits per heavy atom. The Morgan fingerprint density at radius 2 is 0.613 bits per heavy atom. The highest BCUT2D eigenvalue weighted by molar-refractivity contribution is 7.20. The van der Waals surface area contributed by atoms with Crippen LogP contribution < -0.4 is 20.7 Å². The second kappa shape index (κ2) is 18.5. The molecule has 0 saturated heterocycles. The fraction of sp³-hybridized carbons (Fsp3) is 0. The van der Waals surface area contributed by atoms with Crippen molar-refractivity contribution in [3.63, 3.8) is 0 Å². The van der Waals surface area contributed by atoms with Crippen LogP contribution >= 0.6 is 0 Å². The maximum atomic E-state index is 2.52. The molecule has 0 amide bonds. The molecule has 0 unspecified atom stereocenters. The van der Waals surface area contributed by atoms with Crippen molar-refractivity contribution in [3.05, 3.63) is 303 Å². The summed E-state index contributed by atoms with van der Waals surface area (Å²) in [6.07, 6.45) is 0. The third-order valence-electron chi connectivity index (χ3n) is 15.4. The van der Waals surface area contributed by atoms with Crippen molar-refractivity contribution in [1.29, 1.82) is 0 Å². The highest BCUT2D eigenvalue weighted by Crippen LogP contribution is 2.42. The van der Waals surface area contributed by atoms with Gasteiger partial charge in [0, 0.05) is 32.9 Å². The normalized spacial score (nSPS) is 11.7. The van der Waals surface area contributed by atoms with Gasteiger partial charge in [0.25, 0.3) is 0 Å². The first-order valence-electron chi connectivity index (χ1n) is 25.9. The van der Waals surface area contributed by atoms with Crippen LogP contribution in [0.3, 0.4) is 0 Å². The van der Waals surface area contributed by atoms with Gasteiger partial charge in [-0.1, -0.05) is 249 Å². The highest BCUT2D eigenvalue weighted by Gasteiger charge is 2.42. The molecule has 2 heterocycles. The van der Waals surface area contributed by atoms with Gasteiger partial charge in [-0.3, -0.25) is 0 Å². The molecule has 0 fully saturated rings. The van der Waals surface area contributed by atoms with Gasteiger partial charge < -0.3 is 9.13 Å². The van der Waals surface area contributed by atoms with Gasteiger partial charge in [0.1, 0.15) is 0 Å². The van der Waals surface area contributed by atoms with Gasteiger partial charge in [-0.15, -0.1) is 0 Å². The van der Waals surface area contributed by atoms with Crippen LogP contribution in [-0.2, 0) is 0 Å². The van der Waals surface area contributed by atoms with Crippen molar-refractivity contribution in [2.24, 2.45) is 0 Å². The van der Waals surface area contributed by atoms with Crippen LogP contribution in [0.1, 0.15) is 0 Å². The Kier molecular flexibility index (Phi) is 10.9. The molecule has 0 saturated carbocycles. The molecular weight excluding hydrogens is 921 g/mol. The van der Waals surface area contributed by atoms with E-state index in [1.807, 2.05) is 0 Å². The van der Waals surface area contributed by atoms with Gasteiger partial charge in [0.2, 0.25) is 0 Å². The van der Waals surface area contributed by atoms with E-state index in [0.717, 1.165) is 16.9 Å². The summed E-state index contributed by atoms with van der Waals surface area (Å²) in [5.41, 5.74) is 16.6. The van der Waals surface area contributed by atoms with Crippen molar-refractivity contribution >= 4 is 72.4 Å². The molecule has 352 valence electrons. The van der Waals surface area contributed by atoms with Gasteiger partial charge in [-0.25, -0.2) is 0 Å². The summed E-state index contributed by atoms with van der Waals surface area (Å²) in [5, 5.41) is 10.2. The molecule has 75 heavy (non-hydrogen) atoms. The minimum atomic E-state index is -3.11. The van der Waals surface area contributed by atoms with Crippen molar-refractivity contribution in [1.82, 2.24) is 9.13 Å². The number of rotatable bonds is 10. The molecule has 14 aromatic rings. The number of fused-ring (bicyclic) bond motifs is 6. The van der Waals surface area contributed by atoms with Gasteiger partial charge in [0.05, 0.1) is 22.1 Å². The SMILES string of the molecule is c1ccc(-c2cc(-c3ccccc3)cc([Si](c3ccccc3)(c3ccccc3)c3cccc(-n4c5ccc(-n6c7ccccc7c7c(-c8ccccc8)cccc76)cc5c5c(-c6ccccc6)cccc54)c3)c2)cc1. The minimum absolute atomic E-state index is 1.13. The number of hydrogen-bond acceptors (Lipinski definition) is 0. The van der Waals surface area contributed by atoms with E-state index in [9.17, 15) is 0 Å². The molecular formula is C72H50N2Si. The van der Waals surface area contributed by atoms with E-state index in [1.54, 1.807) is 0 Å². The predicted octanol–water partition coefficient (Wildman–Crippen LogP) is 15.9. The van der Waals surface area contributed by atoms with Crippen molar-refractivity contribution in [3.8, 4) is 55.9 Å². The predicted molar refractivity (Wildman–Crippen MR) is 320 cm³/mol. The van der Waals surface area contributed by atoms with Crippen LogP contribution in [0.2, 0.25) is 0 Å². The summed E-state index contributed by atoms with van der Waals surface area (Å²) < 4.78 is 4.99. The summed E-state index contributed by atoms with van der Waals surface area (Å²) in [4.78, 5) is 0. The van der Waals surface area contributed by atoms with Crippen LogP contribution in [0, 0.1) is 0 Å². The molecule has 3 heteroatoms. The molecule has 0 aliphatic rings. The molecule has 0 aliphatic heterocycles. The van der Waals surface area contributed by atoms with E-state index < -0.39 is 8.07 Å². The van der Waals surface area contributed by atoms with Crippen LogP contribution in [0.15, 0.2) is 303 Å². The van der Waals surface area contributed by atoms with E-state index in [4.69, 9.17) is 0 Å². The zero-order chi connectivity index (χ0) is 49.7. The summed E-state index contributed by atoms with van der Waals surface area (Å²) in [7, 11) is -3.11. The number of hydrogen-bond donors (Lipinski definition) is 0. The summed E-state index contributed by atoms with van der Waals surface area (Å²) in [6.45, 7) is 0. The first kappa shape index (κ1) is 44.2. The van der Waals surface area contributed by atoms with Crippen LogP contribution in [0.25, 0.3) is 99.5 Å². The first-order valence-corrected chi connectivity index (χ1v) is 27.9. The van der Waals surface area contributed by atoms with E-state index in [1.165, 1.54) is 103 Å². The zero-order valence-corrected chi connectivity index (χ0v) is 42.3. The number of para-hydroxylation sites is 1. The molecule has 0 N–H and O–H groups in total. The van der Waals surface area contributed by atoms with Gasteiger partial charge >= 0.3 is 0 Å². The lowest BCUT2D eigenvalue weighted by Gasteiger charge is -2.35. The maximum absolute atomic E-state index is 3.11. The lowest BCUT2D eigenvalue weighted by Crippen LogP contribution is -2.74. The summed E-state index contributed by atoms with van der Waals surface area (Å²) in [6, 6.07) is 113. The molecule has 0 radical (unpaired) electrons. The van der Waals surface area contributed by atoms with Gasteiger partial charge in [0.15, 0.2) is 8.07 Å². The summed E-state index contributed by atoms with van der Waals surface area (Å²) in [5.74, 6) is 0. The lowest BCUT2D eigenvalue weighted by atomic mass is 9.99. The standard InChI is InChI=1S/C72H50N2Si/c1-7-24-51(25-8-1)55-46-56(52-26-9-2-10-27-52)48-62(47-55)75(59-33-15-5-16-34-59,60-35-17-6-18-36-60)61-37-21-32-57(49-61)73-68-45-44-58(50-66(68)72-64(40-23-43-70(72)73)54-30-13-4-14-31-54)74-67-41-20-19-38-65(67)71-63(39-22-42-69(71)74)53-28-11-3-12-29-53/h1-50H. The first-order chi connectivity index (χ1) is 37.2. The second-order valence-electron chi connectivity index (χ2n) is 19.6. The molecule has 0 spiro atoms. The Balaban J connectivity index is 1.05. The largest absolute Gasteiger partial charge is 0.309 e. The molecule has 2 aromatic heterocycles. The van der Waals surface area contributed by atoms with Crippen LogP contribution in [0.5, 0.6) is 0 Å². The Bertz CT molecular complexity index is 4280. The van der Waals surface area contributed by atoms with Crippen molar-refractivity contribution in [2.75, 3.05) is 0 Å². The summed E-state index contributed by atoms with van der Waals surface area (Å²) >= 11 is 0.